The number of allylic oxidation sites excluding steroid dienone is 2. The maximum absolute atomic E-state index is 13.3. The van der Waals surface area contributed by atoms with Gasteiger partial charge in [-0.05, 0) is 116 Å². The van der Waals surface area contributed by atoms with Gasteiger partial charge >= 0.3 is 0 Å². The molecule has 0 spiro atoms. The molecular formula is C34H53NO3S. The van der Waals surface area contributed by atoms with Crippen molar-refractivity contribution in [2.45, 2.75) is 117 Å². The summed E-state index contributed by atoms with van der Waals surface area (Å²) >= 11 is 0. The monoisotopic (exact) mass is 555 g/mol. The van der Waals surface area contributed by atoms with E-state index in [9.17, 15) is 13.5 Å². The van der Waals surface area contributed by atoms with Crippen LogP contribution in [0.15, 0.2) is 40.3 Å². The number of hydrogen-bond donors (Lipinski definition) is 1. The number of aliphatic hydroxyl groups excluding tert-OH is 1. The third kappa shape index (κ3) is 4.23. The van der Waals surface area contributed by atoms with Crippen LogP contribution in [-0.2, 0) is 10.0 Å². The molecule has 1 aromatic carbocycles. The van der Waals surface area contributed by atoms with Crippen molar-refractivity contribution in [1.29, 1.82) is 0 Å². The SMILES string of the molecule is Cc1ccccc1S(=O)(=O)N(C)CC[C@@H](C)[C@H]1CC[C@@]2(C)C3=C(CC[C@]12C)[C@@]1(C)CC[C@H](O)C(C)(C)[C@@H]1CC3. The second-order valence-electron chi connectivity index (χ2n) is 15.1. The molecule has 2 saturated carbocycles. The maximum Gasteiger partial charge on any atom is 0.243 e. The van der Waals surface area contributed by atoms with Crippen LogP contribution in [0.4, 0.5) is 0 Å². The van der Waals surface area contributed by atoms with Gasteiger partial charge in [0.1, 0.15) is 0 Å². The Morgan fingerprint density at radius 1 is 0.974 bits per heavy atom. The zero-order valence-corrected chi connectivity index (χ0v) is 26.6. The van der Waals surface area contributed by atoms with E-state index in [0.29, 0.717) is 29.2 Å². The summed E-state index contributed by atoms with van der Waals surface area (Å²) in [5.74, 6) is 1.65. The highest BCUT2D eigenvalue weighted by atomic mass is 32.2. The second kappa shape index (κ2) is 9.70. The quantitative estimate of drug-likeness (QED) is 0.365. The van der Waals surface area contributed by atoms with Gasteiger partial charge in [0.15, 0.2) is 0 Å². The van der Waals surface area contributed by atoms with Crippen LogP contribution in [0.1, 0.15) is 105 Å². The van der Waals surface area contributed by atoms with Gasteiger partial charge in [-0.25, -0.2) is 12.7 Å². The molecule has 0 saturated heterocycles. The average Bonchev–Trinajstić information content (AvgIpc) is 3.16. The van der Waals surface area contributed by atoms with Crippen LogP contribution in [0, 0.1) is 46.3 Å². The second-order valence-corrected chi connectivity index (χ2v) is 17.1. The van der Waals surface area contributed by atoms with Gasteiger partial charge in [0.05, 0.1) is 11.0 Å². The number of sulfonamides is 1. The van der Waals surface area contributed by atoms with Gasteiger partial charge in [0, 0.05) is 13.6 Å². The van der Waals surface area contributed by atoms with Crippen molar-refractivity contribution < 1.29 is 13.5 Å². The minimum absolute atomic E-state index is 0.0233. The van der Waals surface area contributed by atoms with Crippen LogP contribution in [0.5, 0.6) is 0 Å². The predicted molar refractivity (Wildman–Crippen MR) is 160 cm³/mol. The Labute approximate surface area is 238 Å². The van der Waals surface area contributed by atoms with Crippen LogP contribution in [0.3, 0.4) is 0 Å². The van der Waals surface area contributed by atoms with Gasteiger partial charge in [-0.1, -0.05) is 70.9 Å². The summed E-state index contributed by atoms with van der Waals surface area (Å²) in [5, 5.41) is 10.9. The Balaban J connectivity index is 1.35. The highest BCUT2D eigenvalue weighted by Gasteiger charge is 2.63. The van der Waals surface area contributed by atoms with Gasteiger partial charge in [-0.3, -0.25) is 0 Å². The number of benzene rings is 1. The zero-order valence-electron chi connectivity index (χ0n) is 25.8. The third-order valence-electron chi connectivity index (χ3n) is 13.2. The standard InChI is InChI=1S/C34H53NO3S/c1-23(18-22-35(8)39(37,38)28-12-10-9-11-24(28)2)25-15-20-34(7)27-13-14-29-31(3,4)30(36)17-19-32(29,5)26(27)16-21-33(25,34)6/h9-12,23,25,29-30,36H,13-22H2,1-8H3/t23-,25-,29+,30+,32-,33-,34+/m1/s1. The van der Waals surface area contributed by atoms with Crippen LogP contribution < -0.4 is 0 Å². The van der Waals surface area contributed by atoms with Crippen molar-refractivity contribution >= 4 is 10.0 Å². The molecule has 0 unspecified atom stereocenters. The summed E-state index contributed by atoms with van der Waals surface area (Å²) in [5.41, 5.74) is 5.02. The van der Waals surface area contributed by atoms with E-state index in [1.165, 1.54) is 38.5 Å². The van der Waals surface area contributed by atoms with E-state index in [4.69, 9.17) is 0 Å². The van der Waals surface area contributed by atoms with E-state index in [1.807, 2.05) is 25.1 Å². The zero-order chi connectivity index (χ0) is 28.6. The number of aliphatic hydroxyl groups is 1. The van der Waals surface area contributed by atoms with Crippen molar-refractivity contribution in [2.75, 3.05) is 13.6 Å². The first kappa shape index (κ1) is 29.3. The summed E-state index contributed by atoms with van der Waals surface area (Å²) in [6.07, 6.45) is 10.1. The van der Waals surface area contributed by atoms with Gasteiger partial charge in [-0.2, -0.15) is 0 Å². The molecule has 0 radical (unpaired) electrons. The molecule has 0 aromatic heterocycles. The topological polar surface area (TPSA) is 57.6 Å². The molecule has 0 amide bonds. The molecule has 1 aromatic rings. The van der Waals surface area contributed by atoms with Crippen molar-refractivity contribution in [2.24, 2.45) is 39.4 Å². The molecule has 7 atom stereocenters. The average molecular weight is 556 g/mol. The smallest absolute Gasteiger partial charge is 0.243 e. The van der Waals surface area contributed by atoms with Gasteiger partial charge in [0.25, 0.3) is 0 Å². The van der Waals surface area contributed by atoms with Crippen LogP contribution >= 0.6 is 0 Å². The fourth-order valence-corrected chi connectivity index (χ4v) is 11.8. The first-order valence-corrected chi connectivity index (χ1v) is 17.0. The lowest BCUT2D eigenvalue weighted by atomic mass is 9.43. The molecular weight excluding hydrogens is 502 g/mol. The molecule has 0 bridgehead atoms. The van der Waals surface area contributed by atoms with E-state index in [2.05, 4.69) is 41.5 Å². The van der Waals surface area contributed by atoms with E-state index < -0.39 is 10.0 Å². The third-order valence-corrected chi connectivity index (χ3v) is 15.2. The molecule has 4 aliphatic carbocycles. The molecule has 218 valence electrons. The number of hydrogen-bond acceptors (Lipinski definition) is 3. The Morgan fingerprint density at radius 2 is 1.67 bits per heavy atom. The Kier molecular flexibility index (Phi) is 7.29. The molecule has 4 aliphatic rings. The number of nitrogens with zero attached hydrogens (tertiary/aromatic N) is 1. The van der Waals surface area contributed by atoms with Crippen molar-refractivity contribution in [3.8, 4) is 0 Å². The van der Waals surface area contributed by atoms with Crippen molar-refractivity contribution in [3.63, 3.8) is 0 Å². The molecule has 5 heteroatoms. The van der Waals surface area contributed by atoms with Crippen molar-refractivity contribution in [3.05, 3.63) is 41.0 Å². The fourth-order valence-electron chi connectivity index (χ4n) is 10.3. The Hall–Kier alpha value is -1.17. The molecule has 0 aliphatic heterocycles. The fraction of sp³-hybridized carbons (Fsp3) is 0.765. The van der Waals surface area contributed by atoms with Gasteiger partial charge < -0.3 is 5.11 Å². The van der Waals surface area contributed by atoms with Crippen molar-refractivity contribution in [1.82, 2.24) is 4.31 Å². The van der Waals surface area contributed by atoms with E-state index >= 15 is 0 Å². The summed E-state index contributed by atoms with van der Waals surface area (Å²) in [7, 11) is -1.73. The summed E-state index contributed by atoms with van der Waals surface area (Å²) < 4.78 is 28.2. The first-order valence-electron chi connectivity index (χ1n) is 15.5. The molecule has 2 fully saturated rings. The lowest BCUT2D eigenvalue weighted by Crippen LogP contribution is -2.55. The highest BCUT2D eigenvalue weighted by molar-refractivity contribution is 7.89. The Bertz CT molecular complexity index is 1250. The largest absolute Gasteiger partial charge is 0.393 e. The number of aryl methyl sites for hydroxylation is 1. The van der Waals surface area contributed by atoms with E-state index in [1.54, 1.807) is 28.6 Å². The van der Waals surface area contributed by atoms with Crippen LogP contribution in [-0.4, -0.2) is 37.5 Å². The lowest BCUT2D eigenvalue weighted by molar-refractivity contribution is -0.0962. The lowest BCUT2D eigenvalue weighted by Gasteiger charge is -2.62. The number of rotatable bonds is 6. The number of fused-ring (bicyclic) bond motifs is 4. The van der Waals surface area contributed by atoms with E-state index in [0.717, 1.165) is 24.8 Å². The van der Waals surface area contributed by atoms with Crippen LogP contribution in [0.25, 0.3) is 0 Å². The van der Waals surface area contributed by atoms with Gasteiger partial charge in [0.2, 0.25) is 10.0 Å². The molecule has 4 nitrogen and oxygen atoms in total. The normalized spacial score (nSPS) is 38.8. The Morgan fingerprint density at radius 3 is 2.36 bits per heavy atom. The summed E-state index contributed by atoms with van der Waals surface area (Å²) in [4.78, 5) is 0.426. The van der Waals surface area contributed by atoms with Gasteiger partial charge in [-0.15, -0.1) is 0 Å². The summed E-state index contributed by atoms with van der Waals surface area (Å²) in [6, 6.07) is 7.31. The first-order chi connectivity index (χ1) is 18.1. The molecule has 39 heavy (non-hydrogen) atoms. The van der Waals surface area contributed by atoms with Crippen LogP contribution in [0.2, 0.25) is 0 Å². The maximum atomic E-state index is 13.3. The summed E-state index contributed by atoms with van der Waals surface area (Å²) in [6.45, 7) is 17.1. The van der Waals surface area contributed by atoms with E-state index in [-0.39, 0.29) is 27.8 Å². The molecule has 5 rings (SSSR count). The minimum Gasteiger partial charge on any atom is -0.393 e. The minimum atomic E-state index is -3.48. The highest BCUT2D eigenvalue weighted by Crippen LogP contribution is 2.72. The molecule has 1 N–H and O–H groups in total. The molecule has 0 heterocycles. The predicted octanol–water partition coefficient (Wildman–Crippen LogP) is 7.75.